The van der Waals surface area contributed by atoms with Crippen LogP contribution in [0.15, 0.2) is 70.4 Å². The molecular formula is C23H18ClFN4OS. The first-order valence-corrected chi connectivity index (χ1v) is 11.0. The van der Waals surface area contributed by atoms with Crippen molar-refractivity contribution in [2.75, 3.05) is 0 Å². The highest BCUT2D eigenvalue weighted by atomic mass is 35.5. The van der Waals surface area contributed by atoms with Gasteiger partial charge in [-0.3, -0.25) is 4.57 Å². The number of aromatic nitrogens is 4. The molecule has 5 nitrogen and oxygen atoms in total. The molecule has 0 saturated heterocycles. The molecule has 156 valence electrons. The van der Waals surface area contributed by atoms with Crippen LogP contribution in [0.4, 0.5) is 4.39 Å². The fourth-order valence-corrected chi connectivity index (χ4v) is 4.87. The second-order valence-corrected chi connectivity index (χ2v) is 8.56. The van der Waals surface area contributed by atoms with E-state index in [2.05, 4.69) is 23.2 Å². The summed E-state index contributed by atoms with van der Waals surface area (Å²) in [6.45, 7) is 2.06. The van der Waals surface area contributed by atoms with Crippen LogP contribution >= 0.6 is 23.4 Å². The van der Waals surface area contributed by atoms with Crippen LogP contribution in [0.5, 0.6) is 0 Å². The Morgan fingerprint density at radius 2 is 1.94 bits per heavy atom. The molecule has 31 heavy (non-hydrogen) atoms. The fourth-order valence-electron chi connectivity index (χ4n) is 3.61. The lowest BCUT2D eigenvalue weighted by Gasteiger charge is -2.13. The van der Waals surface area contributed by atoms with E-state index in [1.165, 1.54) is 23.9 Å². The molecule has 0 aliphatic rings. The summed E-state index contributed by atoms with van der Waals surface area (Å²) in [6, 6.07) is 16.4. The first kappa shape index (κ1) is 19.9. The minimum absolute atomic E-state index is 0.350. The maximum absolute atomic E-state index is 13.4. The van der Waals surface area contributed by atoms with E-state index in [0.717, 1.165) is 44.6 Å². The lowest BCUT2D eigenvalue weighted by molar-refractivity contribution is 0.616. The van der Waals surface area contributed by atoms with Crippen molar-refractivity contribution in [1.82, 2.24) is 19.3 Å². The van der Waals surface area contributed by atoms with Gasteiger partial charge in [0.05, 0.1) is 23.2 Å². The molecular weight excluding hydrogens is 435 g/mol. The molecule has 3 aromatic heterocycles. The maximum atomic E-state index is 13.4. The number of nitrogens with zero attached hydrogens (tertiary/aromatic N) is 4. The van der Waals surface area contributed by atoms with E-state index in [1.807, 2.05) is 46.5 Å². The number of thioether (sulfide) groups is 1. The highest BCUT2D eigenvalue weighted by Crippen LogP contribution is 2.34. The smallest absolute Gasteiger partial charge is 0.196 e. The second-order valence-electron chi connectivity index (χ2n) is 7.21. The van der Waals surface area contributed by atoms with Gasteiger partial charge >= 0.3 is 0 Å². The number of hydrogen-bond acceptors (Lipinski definition) is 4. The summed E-state index contributed by atoms with van der Waals surface area (Å²) < 4.78 is 23.1. The van der Waals surface area contributed by atoms with Crippen LogP contribution < -0.4 is 0 Å². The van der Waals surface area contributed by atoms with Crippen molar-refractivity contribution >= 4 is 34.5 Å². The van der Waals surface area contributed by atoms with Gasteiger partial charge in [-0.2, -0.15) is 0 Å². The first-order chi connectivity index (χ1) is 15.0. The topological polar surface area (TPSA) is 48.8 Å². The molecule has 5 aromatic rings. The predicted molar refractivity (Wildman–Crippen MR) is 121 cm³/mol. The van der Waals surface area contributed by atoms with Gasteiger partial charge in [0.25, 0.3) is 0 Å². The van der Waals surface area contributed by atoms with Crippen molar-refractivity contribution in [3.63, 3.8) is 0 Å². The van der Waals surface area contributed by atoms with Crippen molar-refractivity contribution in [1.29, 1.82) is 0 Å². The number of para-hydroxylation sites is 1. The Kier molecular flexibility index (Phi) is 5.08. The molecule has 0 N–H and O–H groups in total. The fraction of sp³-hybridized carbons (Fsp3) is 0.130. The van der Waals surface area contributed by atoms with E-state index in [-0.39, 0.29) is 5.82 Å². The van der Waals surface area contributed by atoms with Gasteiger partial charge in [-0.25, -0.2) is 4.39 Å². The third kappa shape index (κ3) is 3.54. The second kappa shape index (κ2) is 7.90. The predicted octanol–water partition coefficient (Wildman–Crippen LogP) is 6.41. The summed E-state index contributed by atoms with van der Waals surface area (Å²) in [5.41, 5.74) is 5.61. The molecule has 0 bridgehead atoms. The number of fused-ring (bicyclic) bond motifs is 1. The van der Waals surface area contributed by atoms with Gasteiger partial charge in [0, 0.05) is 30.0 Å². The van der Waals surface area contributed by atoms with Gasteiger partial charge in [-0.15, -0.1) is 10.2 Å². The number of aryl methyl sites for hydroxylation is 2. The summed E-state index contributed by atoms with van der Waals surface area (Å²) >= 11 is 7.73. The minimum Gasteiger partial charge on any atom is -0.463 e. The van der Waals surface area contributed by atoms with E-state index in [1.54, 1.807) is 12.3 Å². The number of rotatable bonds is 5. The van der Waals surface area contributed by atoms with Crippen LogP contribution in [-0.2, 0) is 12.8 Å². The summed E-state index contributed by atoms with van der Waals surface area (Å²) in [4.78, 5) is 0. The molecule has 5 rings (SSSR count). The Morgan fingerprint density at radius 1 is 1.10 bits per heavy atom. The SMILES string of the molecule is Cc1ccccc1-n1c(SCc2ccc(F)cc2Cl)nnc1-c1cc2occc2n1C. The molecule has 0 aliphatic heterocycles. The van der Waals surface area contributed by atoms with Gasteiger partial charge in [0.2, 0.25) is 0 Å². The van der Waals surface area contributed by atoms with Crippen LogP contribution in [0.2, 0.25) is 5.02 Å². The Morgan fingerprint density at radius 3 is 2.71 bits per heavy atom. The largest absolute Gasteiger partial charge is 0.463 e. The Bertz CT molecular complexity index is 1400. The Balaban J connectivity index is 1.61. The van der Waals surface area contributed by atoms with E-state index >= 15 is 0 Å². The maximum Gasteiger partial charge on any atom is 0.196 e. The zero-order chi connectivity index (χ0) is 21.5. The Hall–Kier alpha value is -3.03. The zero-order valence-electron chi connectivity index (χ0n) is 16.8. The molecule has 0 unspecified atom stereocenters. The molecule has 0 radical (unpaired) electrons. The lowest BCUT2D eigenvalue weighted by Crippen LogP contribution is -2.04. The minimum atomic E-state index is -0.350. The summed E-state index contributed by atoms with van der Waals surface area (Å²) in [5.74, 6) is 0.909. The van der Waals surface area contributed by atoms with Crippen molar-refractivity contribution in [3.05, 3.63) is 82.8 Å². The molecule has 0 saturated carbocycles. The van der Waals surface area contributed by atoms with Gasteiger partial charge in [0.1, 0.15) is 5.82 Å². The van der Waals surface area contributed by atoms with Crippen LogP contribution in [0.25, 0.3) is 28.3 Å². The van der Waals surface area contributed by atoms with Gasteiger partial charge in [0.15, 0.2) is 16.6 Å². The standard InChI is InChI=1S/C23H18ClFN4OS/c1-14-5-3-4-6-18(14)29-22(20-12-21-19(28(20)2)9-10-30-21)26-27-23(29)31-13-15-7-8-16(25)11-17(15)24/h3-12H,13H2,1-2H3. The monoisotopic (exact) mass is 452 g/mol. The van der Waals surface area contributed by atoms with Gasteiger partial charge in [-0.1, -0.05) is 47.6 Å². The van der Waals surface area contributed by atoms with Crippen molar-refractivity contribution in [2.24, 2.45) is 7.05 Å². The van der Waals surface area contributed by atoms with Gasteiger partial charge < -0.3 is 8.98 Å². The third-order valence-corrected chi connectivity index (χ3v) is 6.58. The highest BCUT2D eigenvalue weighted by Gasteiger charge is 2.21. The molecule has 0 fully saturated rings. The molecule has 0 spiro atoms. The zero-order valence-corrected chi connectivity index (χ0v) is 18.4. The molecule has 3 heterocycles. The average molecular weight is 453 g/mol. The van der Waals surface area contributed by atoms with Crippen LogP contribution in [0.3, 0.4) is 0 Å². The first-order valence-electron chi connectivity index (χ1n) is 9.64. The van der Waals surface area contributed by atoms with Crippen molar-refractivity contribution < 1.29 is 8.81 Å². The molecule has 0 amide bonds. The number of furan rings is 1. The quantitative estimate of drug-likeness (QED) is 0.289. The molecule has 0 aliphatic carbocycles. The summed E-state index contributed by atoms with van der Waals surface area (Å²) in [6.07, 6.45) is 1.67. The van der Waals surface area contributed by atoms with E-state index in [9.17, 15) is 4.39 Å². The lowest BCUT2D eigenvalue weighted by atomic mass is 10.2. The van der Waals surface area contributed by atoms with Crippen LogP contribution in [0.1, 0.15) is 11.1 Å². The van der Waals surface area contributed by atoms with E-state index in [4.69, 9.17) is 16.0 Å². The highest BCUT2D eigenvalue weighted by molar-refractivity contribution is 7.98. The molecule has 2 aromatic carbocycles. The van der Waals surface area contributed by atoms with Gasteiger partial charge in [-0.05, 0) is 36.2 Å². The summed E-state index contributed by atoms with van der Waals surface area (Å²) in [7, 11) is 1.98. The number of hydrogen-bond donors (Lipinski definition) is 0. The Labute approximate surface area is 187 Å². The summed E-state index contributed by atoms with van der Waals surface area (Å²) in [5, 5.41) is 10.1. The van der Waals surface area contributed by atoms with Crippen molar-refractivity contribution in [2.45, 2.75) is 17.8 Å². The van der Waals surface area contributed by atoms with Crippen LogP contribution in [-0.4, -0.2) is 19.3 Å². The molecule has 0 atom stereocenters. The van der Waals surface area contributed by atoms with Crippen molar-refractivity contribution in [3.8, 4) is 17.2 Å². The third-order valence-electron chi connectivity index (χ3n) is 5.25. The van der Waals surface area contributed by atoms with Crippen LogP contribution in [0, 0.1) is 12.7 Å². The molecule has 8 heteroatoms. The number of halogens is 2. The normalized spacial score (nSPS) is 11.5. The van der Waals surface area contributed by atoms with E-state index < -0.39 is 0 Å². The number of benzene rings is 2. The van der Waals surface area contributed by atoms with E-state index in [0.29, 0.717) is 10.8 Å². The average Bonchev–Trinajstić information content (AvgIpc) is 3.44.